The summed E-state index contributed by atoms with van der Waals surface area (Å²) in [6.45, 7) is 22.6. The predicted octanol–water partition coefficient (Wildman–Crippen LogP) is 10.1. The zero-order valence-electron chi connectivity index (χ0n) is 62.1. The van der Waals surface area contributed by atoms with Gasteiger partial charge in [0.1, 0.15) is 28.7 Å². The minimum atomic E-state index is -0.517. The number of pyridine rings is 4. The first kappa shape index (κ1) is 83.7. The summed E-state index contributed by atoms with van der Waals surface area (Å²) >= 11 is 9.77. The van der Waals surface area contributed by atoms with E-state index in [1.54, 1.807) is 72.9 Å². The normalized spacial score (nSPS) is 14.8. The molecule has 5 aliphatic heterocycles. The van der Waals surface area contributed by atoms with E-state index in [1.165, 1.54) is 26.5 Å². The molecule has 6 aliphatic rings. The minimum Gasteiger partial charge on any atom is -0.382 e. The molecule has 0 spiro atoms. The summed E-state index contributed by atoms with van der Waals surface area (Å²) in [5.74, 6) is 2.73. The van der Waals surface area contributed by atoms with Crippen molar-refractivity contribution in [2.24, 2.45) is 26.6 Å². The second kappa shape index (κ2) is 35.6. The number of nitrogens with zero attached hydrogens (tertiary/aromatic N) is 19. The molecule has 110 heavy (non-hydrogen) atoms. The number of nitrogens with one attached hydrogen (secondary N) is 2. The van der Waals surface area contributed by atoms with Gasteiger partial charge in [-0.25, -0.2) is 4.98 Å². The molecule has 0 saturated carbocycles. The van der Waals surface area contributed by atoms with Crippen LogP contribution < -0.4 is 37.9 Å². The molecule has 15 rings (SSSR count). The SMILES string of the molecule is C.C.CCC(=O)N1CCn2nc(N)cc2C1.CCC(=O)N1CCn2nc(Nc3cc(-c4ccnc(N5CCn6c(cc7c6CC(C)(C)C7)C5=O)c4CC)cn(C)c3=O)cc2C1.CCC(=O)N1CCn2nc(Nc3cc(Br)cn(C)c3=O)cc2C1.CCC(=O)N1CCn2nc([N+](=O)[O-])cc2C1.Cn1cc(Br)cc(Br)c1=O. The van der Waals surface area contributed by atoms with E-state index in [4.69, 9.17) is 10.7 Å². The van der Waals surface area contributed by atoms with Gasteiger partial charge in [0, 0.05) is 155 Å². The molecule has 0 radical (unpaired) electrons. The highest BCUT2D eigenvalue weighted by Gasteiger charge is 2.38. The second-order valence-electron chi connectivity index (χ2n) is 27.8. The minimum absolute atomic E-state index is 0. The van der Waals surface area contributed by atoms with Crippen molar-refractivity contribution in [2.75, 3.05) is 54.0 Å². The average Bonchev–Trinajstić information content (AvgIpc) is 1.59. The number of amides is 5. The van der Waals surface area contributed by atoms with Crippen molar-refractivity contribution in [3.05, 3.63) is 179 Å². The van der Waals surface area contributed by atoms with Crippen LogP contribution in [0.15, 0.2) is 107 Å². The van der Waals surface area contributed by atoms with E-state index in [-0.39, 0.29) is 72.3 Å². The van der Waals surface area contributed by atoms with Crippen LogP contribution in [0.4, 0.5) is 40.5 Å². The number of halogens is 3. The quantitative estimate of drug-likeness (QED) is 0.0756. The number of aromatic nitrogens is 13. The molecule has 4 N–H and O–H groups in total. The summed E-state index contributed by atoms with van der Waals surface area (Å²) in [4.78, 5) is 121. The first-order valence-corrected chi connectivity index (χ1v) is 38.3. The van der Waals surface area contributed by atoms with Crippen molar-refractivity contribution in [2.45, 2.75) is 167 Å². The molecule has 0 unspecified atom stereocenters. The molecule has 5 amide bonds. The maximum atomic E-state index is 13.9. The fourth-order valence-corrected chi connectivity index (χ4v) is 16.0. The van der Waals surface area contributed by atoms with E-state index in [2.05, 4.69) is 110 Å². The number of nitrogens with two attached hydrogens (primary N) is 1. The zero-order chi connectivity index (χ0) is 77.7. The highest BCUT2D eigenvalue weighted by atomic mass is 79.9. The third kappa shape index (κ3) is 18.8. The van der Waals surface area contributed by atoms with E-state index in [1.807, 2.05) is 90.9 Å². The van der Waals surface area contributed by atoms with Crippen molar-refractivity contribution in [1.82, 2.24) is 82.0 Å². The Morgan fingerprint density at radius 3 is 1.50 bits per heavy atom. The number of hydrogen-bond donors (Lipinski definition) is 3. The van der Waals surface area contributed by atoms with Gasteiger partial charge in [-0.05, 0) is 119 Å². The van der Waals surface area contributed by atoms with Gasteiger partial charge in [0.05, 0.1) is 90.8 Å². The fourth-order valence-electron chi connectivity index (χ4n) is 14.1. The van der Waals surface area contributed by atoms with Crippen LogP contribution in [0, 0.1) is 15.5 Å². The summed E-state index contributed by atoms with van der Waals surface area (Å²) in [6.07, 6.45) is 11.6. The van der Waals surface area contributed by atoms with Crippen LogP contribution in [-0.4, -0.2) is 149 Å². The molecule has 0 bridgehead atoms. The smallest absolute Gasteiger partial charge is 0.382 e. The fraction of sp³-hybridized carbons (Fsp3) is 0.453. The summed E-state index contributed by atoms with van der Waals surface area (Å²) in [7, 11) is 5.14. The number of nitrogen functional groups attached to an aromatic ring is 1. The number of carbonyl (C=O) groups excluding carboxylic acids is 5. The third-order valence-corrected chi connectivity index (χ3v) is 21.0. The molecule has 9 aromatic rings. The van der Waals surface area contributed by atoms with Crippen molar-refractivity contribution in [3.8, 4) is 11.1 Å². The number of aryl methyl sites for hydroxylation is 3. The first-order valence-electron chi connectivity index (χ1n) is 35.9. The first-order chi connectivity index (χ1) is 51.5. The molecule has 1 aliphatic carbocycles. The molecule has 9 aromatic heterocycles. The summed E-state index contributed by atoms with van der Waals surface area (Å²) < 4.78 is 16.3. The Labute approximate surface area is 662 Å². The Morgan fingerprint density at radius 2 is 1.01 bits per heavy atom. The molecule has 35 heteroatoms. The molecule has 588 valence electrons. The average molecular weight is 1710 g/mol. The molecule has 14 heterocycles. The van der Waals surface area contributed by atoms with Crippen LogP contribution >= 0.6 is 47.8 Å². The Hall–Kier alpha value is -10.3. The standard InChI is InChI=1S/C34H40N8O3.C15H18BrN5O2.C9H12N4O3.C9H14N4O.C6H5Br2NO.2CH4/c1-6-24-25(8-9-35-31(24)41-12-11-40-27(33(41)45)15-21-17-34(3,4)18-28(21)40)22-14-26(32(44)38(5)19-22)36-29-16-23-20-39(30(43)7-2)10-13-42(23)37-29;1-3-14(22)20-4-5-21-11(9-20)7-13(18-21)17-12-6-10(16)8-19(2)15(12)23;1-2-9(14)11-3-4-12-7(6-11)5-8(10-12)13(15)16;1-2-9(14)12-3-4-13-7(6-12)5-8(10)11-13;1-9-3-4(7)2-5(8)6(9)10;;/h8-9,14-16,19H,6-7,10-13,17-18,20H2,1-5H3,(H,36,37);6-8H,3-5,9H2,1-2H3,(H,17,18);5H,2-4,6H2,1H3;5H,2-4,6H2,1H3,(H2,10,11);2-3H,1H3;2*1H4. The summed E-state index contributed by atoms with van der Waals surface area (Å²) in [5.41, 5.74) is 16.0. The number of nitro groups is 1. The number of anilines is 6. The van der Waals surface area contributed by atoms with Gasteiger partial charge in [0.15, 0.2) is 11.6 Å². The number of hydrogen-bond acceptors (Lipinski definition) is 18. The van der Waals surface area contributed by atoms with Gasteiger partial charge in [-0.1, -0.05) is 63.3 Å². The van der Waals surface area contributed by atoms with Crippen LogP contribution in [0.25, 0.3) is 11.1 Å². The predicted molar refractivity (Wildman–Crippen MR) is 431 cm³/mol. The lowest BCUT2D eigenvalue weighted by atomic mass is 9.90. The highest BCUT2D eigenvalue weighted by Crippen LogP contribution is 2.41. The van der Waals surface area contributed by atoms with E-state index < -0.39 is 4.92 Å². The molecule has 0 atom stereocenters. The number of fused-ring (bicyclic) bond motifs is 7. The lowest BCUT2D eigenvalue weighted by Gasteiger charge is -2.31. The van der Waals surface area contributed by atoms with Gasteiger partial charge in [0.25, 0.3) is 22.6 Å². The summed E-state index contributed by atoms with van der Waals surface area (Å²) in [5, 5.41) is 34.0. The maximum absolute atomic E-state index is 13.9. The van der Waals surface area contributed by atoms with Gasteiger partial charge >= 0.3 is 5.82 Å². The van der Waals surface area contributed by atoms with E-state index in [0.29, 0.717) is 143 Å². The van der Waals surface area contributed by atoms with Gasteiger partial charge in [-0.15, -0.1) is 0 Å². The van der Waals surface area contributed by atoms with Crippen LogP contribution in [-0.2, 0) is 118 Å². The Morgan fingerprint density at radius 1 is 0.555 bits per heavy atom. The molecular formula is C75H97Br3N22O10. The Balaban J connectivity index is 0.000000178. The van der Waals surface area contributed by atoms with Gasteiger partial charge in [-0.2, -0.15) is 20.0 Å². The van der Waals surface area contributed by atoms with E-state index >= 15 is 0 Å². The topological polar surface area (TPSA) is 350 Å². The molecule has 0 fully saturated rings. The van der Waals surface area contributed by atoms with Gasteiger partial charge in [0.2, 0.25) is 23.6 Å². The number of rotatable bonds is 12. The highest BCUT2D eigenvalue weighted by molar-refractivity contribution is 9.11. The van der Waals surface area contributed by atoms with E-state index in [0.717, 1.165) is 86.6 Å². The molecule has 32 nitrogen and oxygen atoms in total. The van der Waals surface area contributed by atoms with Crippen molar-refractivity contribution < 1.29 is 28.9 Å². The van der Waals surface area contributed by atoms with Crippen LogP contribution in [0.2, 0.25) is 0 Å². The van der Waals surface area contributed by atoms with Crippen LogP contribution in [0.1, 0.15) is 139 Å². The van der Waals surface area contributed by atoms with Crippen LogP contribution in [0.5, 0.6) is 0 Å². The number of carbonyl (C=O) groups is 5. The Bertz CT molecular complexity index is 5110. The molecule has 0 saturated heterocycles. The van der Waals surface area contributed by atoms with Crippen molar-refractivity contribution in [1.29, 1.82) is 0 Å². The monoisotopic (exact) mass is 1700 g/mol. The van der Waals surface area contributed by atoms with Crippen molar-refractivity contribution in [3.63, 3.8) is 0 Å². The van der Waals surface area contributed by atoms with Crippen LogP contribution in [0.3, 0.4) is 0 Å². The van der Waals surface area contributed by atoms with E-state index in [9.17, 15) is 48.5 Å². The van der Waals surface area contributed by atoms with Crippen molar-refractivity contribution >= 4 is 118 Å². The molecular weight excluding hydrogens is 1610 g/mol. The third-order valence-electron chi connectivity index (χ3n) is 19.5. The van der Waals surface area contributed by atoms with Gasteiger partial charge < -0.3 is 64.3 Å². The summed E-state index contributed by atoms with van der Waals surface area (Å²) in [6, 6.07) is 16.4. The lowest BCUT2D eigenvalue weighted by molar-refractivity contribution is -0.389. The largest absolute Gasteiger partial charge is 0.390 e. The Kier molecular flexibility index (Phi) is 27.1. The lowest BCUT2D eigenvalue weighted by Crippen LogP contribution is -2.41. The zero-order valence-corrected chi connectivity index (χ0v) is 66.9. The molecule has 0 aromatic carbocycles. The maximum Gasteiger partial charge on any atom is 0.390 e. The van der Waals surface area contributed by atoms with Gasteiger partial charge in [-0.3, -0.25) is 57.3 Å². The second-order valence-corrected chi connectivity index (χ2v) is 30.5.